The zero-order chi connectivity index (χ0) is 20.2. The summed E-state index contributed by atoms with van der Waals surface area (Å²) in [7, 11) is 0. The van der Waals surface area contributed by atoms with E-state index in [1.165, 1.54) is 11.3 Å². The standard InChI is InChI=1S/C21H18N4O3S/c1-13-8-10-15(11-9-13)18-12-17(25-28-18)19(26)22-21-24-23-20(29-21)14(2)27-16-6-4-3-5-7-16/h3-12,14H,1-2H3,(H,22,24,26). The van der Waals surface area contributed by atoms with Crippen molar-refractivity contribution in [2.24, 2.45) is 0 Å². The Kier molecular flexibility index (Phi) is 5.35. The van der Waals surface area contributed by atoms with Gasteiger partial charge in [-0.15, -0.1) is 10.2 Å². The van der Waals surface area contributed by atoms with E-state index < -0.39 is 5.91 Å². The van der Waals surface area contributed by atoms with Crippen molar-refractivity contribution in [3.63, 3.8) is 0 Å². The Morgan fingerprint density at radius 1 is 1.10 bits per heavy atom. The third-order valence-electron chi connectivity index (χ3n) is 4.14. The van der Waals surface area contributed by atoms with Gasteiger partial charge in [0, 0.05) is 11.6 Å². The van der Waals surface area contributed by atoms with Crippen LogP contribution in [0.15, 0.2) is 65.2 Å². The Morgan fingerprint density at radius 2 is 1.86 bits per heavy atom. The Morgan fingerprint density at radius 3 is 2.62 bits per heavy atom. The Bertz CT molecular complexity index is 1110. The maximum Gasteiger partial charge on any atom is 0.279 e. The zero-order valence-corrected chi connectivity index (χ0v) is 16.6. The average Bonchev–Trinajstić information content (AvgIpc) is 3.39. The van der Waals surface area contributed by atoms with Crippen molar-refractivity contribution in [2.75, 3.05) is 5.32 Å². The summed E-state index contributed by atoms with van der Waals surface area (Å²) in [4.78, 5) is 12.5. The minimum absolute atomic E-state index is 0.172. The maximum atomic E-state index is 12.5. The molecule has 0 saturated heterocycles. The van der Waals surface area contributed by atoms with Crippen LogP contribution in [0.5, 0.6) is 5.75 Å². The number of nitrogens with one attached hydrogen (secondary N) is 1. The average molecular weight is 406 g/mol. The van der Waals surface area contributed by atoms with E-state index in [0.29, 0.717) is 15.9 Å². The molecular formula is C21H18N4O3S. The van der Waals surface area contributed by atoms with E-state index in [0.717, 1.165) is 16.9 Å². The van der Waals surface area contributed by atoms with Crippen molar-refractivity contribution in [3.8, 4) is 17.1 Å². The molecule has 146 valence electrons. The first-order valence-electron chi connectivity index (χ1n) is 8.99. The number of ether oxygens (including phenoxy) is 1. The Balaban J connectivity index is 1.41. The summed E-state index contributed by atoms with van der Waals surface area (Å²) in [5, 5.41) is 15.7. The predicted molar refractivity (Wildman–Crippen MR) is 110 cm³/mol. The van der Waals surface area contributed by atoms with E-state index in [1.54, 1.807) is 6.07 Å². The fourth-order valence-corrected chi connectivity index (χ4v) is 3.32. The number of para-hydroxylation sites is 1. The van der Waals surface area contributed by atoms with E-state index >= 15 is 0 Å². The first kappa shape index (κ1) is 18.8. The van der Waals surface area contributed by atoms with Crippen LogP contribution in [0.3, 0.4) is 0 Å². The highest BCUT2D eigenvalue weighted by atomic mass is 32.1. The van der Waals surface area contributed by atoms with Gasteiger partial charge in [0.1, 0.15) is 11.9 Å². The Labute approximate surface area is 171 Å². The Hall–Kier alpha value is -3.52. The van der Waals surface area contributed by atoms with Gasteiger partial charge in [0.05, 0.1) is 0 Å². The summed E-state index contributed by atoms with van der Waals surface area (Å²) in [6, 6.07) is 18.8. The van der Waals surface area contributed by atoms with Crippen molar-refractivity contribution in [1.82, 2.24) is 15.4 Å². The first-order chi connectivity index (χ1) is 14.1. The van der Waals surface area contributed by atoms with Gasteiger partial charge in [0.2, 0.25) is 5.13 Å². The number of carbonyl (C=O) groups is 1. The van der Waals surface area contributed by atoms with Crippen LogP contribution in [-0.2, 0) is 0 Å². The lowest BCUT2D eigenvalue weighted by Crippen LogP contribution is -2.11. The SMILES string of the molecule is Cc1ccc(-c2cc(C(=O)Nc3nnc(C(C)Oc4ccccc4)s3)no2)cc1. The van der Waals surface area contributed by atoms with Gasteiger partial charge in [-0.05, 0) is 26.0 Å². The van der Waals surface area contributed by atoms with Gasteiger partial charge in [-0.2, -0.15) is 0 Å². The maximum absolute atomic E-state index is 12.5. The molecule has 4 rings (SSSR count). The van der Waals surface area contributed by atoms with Gasteiger partial charge >= 0.3 is 0 Å². The molecule has 0 saturated carbocycles. The minimum atomic E-state index is -0.411. The summed E-state index contributed by atoms with van der Waals surface area (Å²) in [5.74, 6) is 0.858. The fraction of sp³-hybridized carbons (Fsp3) is 0.143. The number of benzene rings is 2. The van der Waals surface area contributed by atoms with Crippen LogP contribution in [-0.4, -0.2) is 21.3 Å². The predicted octanol–water partition coefficient (Wildman–Crippen LogP) is 4.89. The third-order valence-corrected chi connectivity index (χ3v) is 5.14. The summed E-state index contributed by atoms with van der Waals surface area (Å²) in [6.07, 6.45) is -0.291. The van der Waals surface area contributed by atoms with E-state index in [-0.39, 0.29) is 11.8 Å². The topological polar surface area (TPSA) is 90.1 Å². The monoisotopic (exact) mass is 406 g/mol. The normalized spacial score (nSPS) is 11.8. The van der Waals surface area contributed by atoms with Crippen molar-refractivity contribution >= 4 is 22.4 Å². The van der Waals surface area contributed by atoms with E-state index in [4.69, 9.17) is 9.26 Å². The van der Waals surface area contributed by atoms with Gasteiger partial charge in [0.25, 0.3) is 5.91 Å². The van der Waals surface area contributed by atoms with Crippen LogP contribution in [0.1, 0.15) is 34.1 Å². The molecule has 0 bridgehead atoms. The van der Waals surface area contributed by atoms with Crippen LogP contribution in [0.4, 0.5) is 5.13 Å². The number of aryl methyl sites for hydroxylation is 1. The number of nitrogens with zero attached hydrogens (tertiary/aromatic N) is 3. The molecule has 0 aliphatic rings. The van der Waals surface area contributed by atoms with Gasteiger partial charge < -0.3 is 9.26 Å². The van der Waals surface area contributed by atoms with Gasteiger partial charge in [0.15, 0.2) is 16.5 Å². The van der Waals surface area contributed by atoms with Crippen LogP contribution < -0.4 is 10.1 Å². The fourth-order valence-electron chi connectivity index (χ4n) is 2.60. The van der Waals surface area contributed by atoms with Crippen molar-refractivity contribution < 1.29 is 14.1 Å². The highest BCUT2D eigenvalue weighted by Crippen LogP contribution is 2.27. The minimum Gasteiger partial charge on any atom is -0.483 e. The second kappa shape index (κ2) is 8.24. The molecule has 7 nitrogen and oxygen atoms in total. The number of carbonyl (C=O) groups excluding carboxylic acids is 1. The van der Waals surface area contributed by atoms with Gasteiger partial charge in [-0.25, -0.2) is 0 Å². The summed E-state index contributed by atoms with van der Waals surface area (Å²) >= 11 is 1.25. The lowest BCUT2D eigenvalue weighted by molar-refractivity contribution is 0.101. The molecule has 1 unspecified atom stereocenters. The van der Waals surface area contributed by atoms with Crippen LogP contribution >= 0.6 is 11.3 Å². The zero-order valence-electron chi connectivity index (χ0n) is 15.8. The summed E-state index contributed by atoms with van der Waals surface area (Å²) in [5.41, 5.74) is 2.17. The molecule has 1 N–H and O–H groups in total. The molecule has 2 heterocycles. The van der Waals surface area contributed by atoms with Crippen molar-refractivity contribution in [1.29, 1.82) is 0 Å². The molecule has 29 heavy (non-hydrogen) atoms. The van der Waals surface area contributed by atoms with E-state index in [1.807, 2.05) is 68.4 Å². The third kappa shape index (κ3) is 4.49. The molecule has 1 atom stereocenters. The smallest absolute Gasteiger partial charge is 0.279 e. The molecule has 4 aromatic rings. The molecule has 2 aromatic carbocycles. The van der Waals surface area contributed by atoms with Crippen LogP contribution in [0.25, 0.3) is 11.3 Å². The van der Waals surface area contributed by atoms with Crippen LogP contribution in [0, 0.1) is 6.92 Å². The van der Waals surface area contributed by atoms with Crippen molar-refractivity contribution in [2.45, 2.75) is 20.0 Å². The molecule has 0 fully saturated rings. The summed E-state index contributed by atoms with van der Waals surface area (Å²) < 4.78 is 11.1. The number of aromatic nitrogens is 3. The van der Waals surface area contributed by atoms with Crippen molar-refractivity contribution in [3.05, 3.63) is 76.9 Å². The van der Waals surface area contributed by atoms with E-state index in [2.05, 4.69) is 20.7 Å². The molecule has 2 aromatic heterocycles. The van der Waals surface area contributed by atoms with E-state index in [9.17, 15) is 4.79 Å². The molecule has 0 spiro atoms. The molecular weight excluding hydrogens is 388 g/mol. The van der Waals surface area contributed by atoms with Gasteiger partial charge in [-0.1, -0.05) is 64.5 Å². The lowest BCUT2D eigenvalue weighted by atomic mass is 10.1. The molecule has 8 heteroatoms. The second-order valence-corrected chi connectivity index (χ2v) is 7.42. The molecule has 0 aliphatic carbocycles. The largest absolute Gasteiger partial charge is 0.483 e. The van der Waals surface area contributed by atoms with Gasteiger partial charge in [-0.3, -0.25) is 10.1 Å². The van der Waals surface area contributed by atoms with Crippen LogP contribution in [0.2, 0.25) is 0 Å². The highest BCUT2D eigenvalue weighted by molar-refractivity contribution is 7.15. The number of rotatable bonds is 6. The molecule has 0 aliphatic heterocycles. The number of anilines is 1. The molecule has 1 amide bonds. The summed E-state index contributed by atoms with van der Waals surface area (Å²) in [6.45, 7) is 3.88. The lowest BCUT2D eigenvalue weighted by Gasteiger charge is -2.10. The quantitative estimate of drug-likeness (QED) is 0.490. The first-order valence-corrected chi connectivity index (χ1v) is 9.80. The number of hydrogen-bond donors (Lipinski definition) is 1. The number of amides is 1. The second-order valence-electron chi connectivity index (χ2n) is 6.42. The number of hydrogen-bond acceptors (Lipinski definition) is 7. The highest BCUT2D eigenvalue weighted by Gasteiger charge is 2.18. The molecule has 0 radical (unpaired) electrons.